The minimum atomic E-state index is -0.486. The van der Waals surface area contributed by atoms with E-state index in [0.29, 0.717) is 0 Å². The first-order chi connectivity index (χ1) is 26.8. The van der Waals surface area contributed by atoms with E-state index in [1.807, 2.05) is 0 Å². The highest BCUT2D eigenvalue weighted by Crippen LogP contribution is 2.57. The Balaban J connectivity index is 1.19. The molecule has 9 aromatic carbocycles. The zero-order chi connectivity index (χ0) is 35.9. The molecule has 1 nitrogen and oxygen atoms in total. The van der Waals surface area contributed by atoms with Gasteiger partial charge in [0.25, 0.3) is 0 Å². The van der Waals surface area contributed by atoms with Crippen molar-refractivity contribution in [1.82, 2.24) is 0 Å². The molecule has 0 radical (unpaired) electrons. The predicted octanol–water partition coefficient (Wildman–Crippen LogP) is 14.0. The van der Waals surface area contributed by atoms with Crippen molar-refractivity contribution < 1.29 is 0 Å². The summed E-state index contributed by atoms with van der Waals surface area (Å²) < 4.78 is 0. The second-order valence-corrected chi connectivity index (χ2v) is 14.1. The normalized spacial score (nSPS) is 12.6. The van der Waals surface area contributed by atoms with Crippen LogP contribution in [0.5, 0.6) is 0 Å². The largest absolute Gasteiger partial charge is 0.310 e. The molecule has 0 saturated heterocycles. The monoisotopic (exact) mass is 687 g/mol. The van der Waals surface area contributed by atoms with Gasteiger partial charge in [-0.05, 0) is 109 Å². The van der Waals surface area contributed by atoms with Gasteiger partial charge in [-0.2, -0.15) is 0 Å². The van der Waals surface area contributed by atoms with E-state index >= 15 is 0 Å². The van der Waals surface area contributed by atoms with Crippen LogP contribution < -0.4 is 4.90 Å². The van der Waals surface area contributed by atoms with Crippen LogP contribution >= 0.6 is 0 Å². The van der Waals surface area contributed by atoms with E-state index in [0.717, 1.165) is 17.1 Å². The van der Waals surface area contributed by atoms with Gasteiger partial charge in [0.2, 0.25) is 0 Å². The fourth-order valence-electron chi connectivity index (χ4n) is 8.65. The zero-order valence-electron chi connectivity index (χ0n) is 29.8. The molecule has 0 amide bonds. The van der Waals surface area contributed by atoms with Crippen LogP contribution in [0.3, 0.4) is 0 Å². The van der Waals surface area contributed by atoms with E-state index in [1.54, 1.807) is 0 Å². The Bertz CT molecular complexity index is 2710. The van der Waals surface area contributed by atoms with Crippen LogP contribution in [0.25, 0.3) is 44.2 Å². The highest BCUT2D eigenvalue weighted by atomic mass is 15.1. The summed E-state index contributed by atoms with van der Waals surface area (Å²) in [5.41, 5.74) is 15.3. The van der Waals surface area contributed by atoms with Gasteiger partial charge in [0.05, 0.1) is 5.41 Å². The average molecular weight is 688 g/mol. The highest BCUT2D eigenvalue weighted by molar-refractivity contribution is 5.91. The lowest BCUT2D eigenvalue weighted by Gasteiger charge is -2.35. The maximum atomic E-state index is 2.45. The third kappa shape index (κ3) is 5.25. The topological polar surface area (TPSA) is 3.24 Å². The molecular weight excluding hydrogens is 651 g/mol. The molecule has 0 fully saturated rings. The van der Waals surface area contributed by atoms with Crippen molar-refractivity contribution in [3.63, 3.8) is 0 Å². The summed E-state index contributed by atoms with van der Waals surface area (Å²) in [5, 5.41) is 2.49. The number of anilines is 3. The molecule has 0 bridgehead atoms. The van der Waals surface area contributed by atoms with Crippen LogP contribution in [0.1, 0.15) is 22.3 Å². The Kier molecular flexibility index (Phi) is 7.78. The first-order valence-corrected chi connectivity index (χ1v) is 18.7. The molecule has 1 aliphatic carbocycles. The molecule has 10 rings (SSSR count). The second-order valence-electron chi connectivity index (χ2n) is 14.1. The first kappa shape index (κ1) is 31.7. The average Bonchev–Trinajstić information content (AvgIpc) is 3.55. The third-order valence-electron chi connectivity index (χ3n) is 11.1. The van der Waals surface area contributed by atoms with E-state index in [4.69, 9.17) is 0 Å². The van der Waals surface area contributed by atoms with Gasteiger partial charge in [0.15, 0.2) is 0 Å². The van der Waals surface area contributed by atoms with Gasteiger partial charge < -0.3 is 4.90 Å². The predicted molar refractivity (Wildman–Crippen MR) is 227 cm³/mol. The van der Waals surface area contributed by atoms with Crippen molar-refractivity contribution in [3.05, 3.63) is 247 Å². The maximum absolute atomic E-state index is 2.45. The SMILES string of the molecule is c1ccc(-c2ccc(N(c3cccc(-c4ccc5ccccc5c4)c3)c3ccc4c(c3)C(c3ccccc3)(c3ccccc3)c3ccccc3-4)cc2)cc1. The van der Waals surface area contributed by atoms with Crippen LogP contribution in [-0.4, -0.2) is 0 Å². The van der Waals surface area contributed by atoms with Crippen molar-refractivity contribution in [2.45, 2.75) is 5.41 Å². The molecule has 0 saturated carbocycles. The number of nitrogens with zero attached hydrogens (tertiary/aromatic N) is 1. The molecular formula is C53H37N. The number of fused-ring (bicyclic) bond motifs is 4. The van der Waals surface area contributed by atoms with Crippen LogP contribution in [0, 0.1) is 0 Å². The van der Waals surface area contributed by atoms with E-state index in [9.17, 15) is 0 Å². The summed E-state index contributed by atoms with van der Waals surface area (Å²) >= 11 is 0. The van der Waals surface area contributed by atoms with Gasteiger partial charge in [-0.1, -0.05) is 182 Å². The molecule has 0 heterocycles. The summed E-state index contributed by atoms with van der Waals surface area (Å²) in [6.45, 7) is 0. The van der Waals surface area contributed by atoms with E-state index < -0.39 is 5.41 Å². The molecule has 0 atom stereocenters. The van der Waals surface area contributed by atoms with Crippen molar-refractivity contribution >= 4 is 27.8 Å². The lowest BCUT2D eigenvalue weighted by molar-refractivity contribution is 0.768. The van der Waals surface area contributed by atoms with Crippen molar-refractivity contribution in [3.8, 4) is 33.4 Å². The molecule has 0 unspecified atom stereocenters. The minimum Gasteiger partial charge on any atom is -0.310 e. The summed E-state index contributed by atoms with van der Waals surface area (Å²) in [7, 11) is 0. The van der Waals surface area contributed by atoms with Gasteiger partial charge in [0, 0.05) is 17.1 Å². The smallest absolute Gasteiger partial charge is 0.0714 e. The lowest BCUT2D eigenvalue weighted by atomic mass is 9.67. The second kappa shape index (κ2) is 13.2. The Labute approximate surface area is 317 Å². The molecule has 1 heteroatoms. The molecule has 0 aromatic heterocycles. The number of benzene rings is 9. The van der Waals surface area contributed by atoms with Crippen LogP contribution in [0.2, 0.25) is 0 Å². The molecule has 0 aliphatic heterocycles. The minimum absolute atomic E-state index is 0.486. The van der Waals surface area contributed by atoms with Crippen LogP contribution in [0.4, 0.5) is 17.1 Å². The van der Waals surface area contributed by atoms with Gasteiger partial charge in [0.1, 0.15) is 0 Å². The third-order valence-corrected chi connectivity index (χ3v) is 11.1. The number of hydrogen-bond acceptors (Lipinski definition) is 1. The number of rotatable bonds is 7. The fraction of sp³-hybridized carbons (Fsp3) is 0.0189. The Hall–Kier alpha value is -6.96. The molecule has 254 valence electrons. The fourth-order valence-corrected chi connectivity index (χ4v) is 8.65. The first-order valence-electron chi connectivity index (χ1n) is 18.7. The van der Waals surface area contributed by atoms with E-state index in [2.05, 4.69) is 229 Å². The molecule has 54 heavy (non-hydrogen) atoms. The van der Waals surface area contributed by atoms with Crippen LogP contribution in [-0.2, 0) is 5.41 Å². The van der Waals surface area contributed by atoms with Gasteiger partial charge in [-0.25, -0.2) is 0 Å². The van der Waals surface area contributed by atoms with Crippen LogP contribution in [0.15, 0.2) is 224 Å². The van der Waals surface area contributed by atoms with Crippen molar-refractivity contribution in [2.24, 2.45) is 0 Å². The Morgan fingerprint density at radius 3 is 1.54 bits per heavy atom. The quantitative estimate of drug-likeness (QED) is 0.161. The van der Waals surface area contributed by atoms with Crippen molar-refractivity contribution in [1.29, 1.82) is 0 Å². The zero-order valence-corrected chi connectivity index (χ0v) is 29.8. The van der Waals surface area contributed by atoms with Crippen molar-refractivity contribution in [2.75, 3.05) is 4.90 Å². The summed E-state index contributed by atoms with van der Waals surface area (Å²) in [5.74, 6) is 0. The molecule has 1 aliphatic rings. The standard InChI is InChI=1S/C53H37N/c1-4-15-38(16-5-1)40-29-31-46(32-30-40)54(47-24-14-19-42(36-47)43-28-27-39-17-10-11-18-41(39)35-43)48-33-34-50-49-25-12-13-26-51(49)53(52(50)37-48,44-20-6-2-7-21-44)45-22-8-3-9-23-45/h1-37H. The highest BCUT2D eigenvalue weighted by Gasteiger charge is 2.46. The summed E-state index contributed by atoms with van der Waals surface area (Å²) in [6, 6.07) is 82.1. The Morgan fingerprint density at radius 2 is 0.796 bits per heavy atom. The number of hydrogen-bond donors (Lipinski definition) is 0. The maximum Gasteiger partial charge on any atom is 0.0714 e. The van der Waals surface area contributed by atoms with E-state index in [1.165, 1.54) is 66.4 Å². The van der Waals surface area contributed by atoms with E-state index in [-0.39, 0.29) is 0 Å². The molecule has 0 spiro atoms. The van der Waals surface area contributed by atoms with Gasteiger partial charge in [-0.15, -0.1) is 0 Å². The van der Waals surface area contributed by atoms with Gasteiger partial charge in [-0.3, -0.25) is 0 Å². The van der Waals surface area contributed by atoms with Gasteiger partial charge >= 0.3 is 0 Å². The Morgan fingerprint density at radius 1 is 0.278 bits per heavy atom. The molecule has 9 aromatic rings. The molecule has 0 N–H and O–H groups in total. The summed E-state index contributed by atoms with van der Waals surface area (Å²) in [6.07, 6.45) is 0. The summed E-state index contributed by atoms with van der Waals surface area (Å²) in [4.78, 5) is 2.42. The lowest BCUT2D eigenvalue weighted by Crippen LogP contribution is -2.28.